The van der Waals surface area contributed by atoms with Crippen LogP contribution in [0.5, 0.6) is 0 Å². The Balaban J connectivity index is 1.22. The van der Waals surface area contributed by atoms with E-state index < -0.39 is 10.0 Å². The summed E-state index contributed by atoms with van der Waals surface area (Å²) < 4.78 is 26.0. The molecule has 0 radical (unpaired) electrons. The molecular weight excluding hydrogens is 516 g/mol. The van der Waals surface area contributed by atoms with Crippen LogP contribution >= 0.6 is 0 Å². The Hall–Kier alpha value is -3.38. The summed E-state index contributed by atoms with van der Waals surface area (Å²) in [6.07, 6.45) is 13.5. The SMILES string of the molecule is CNC1CCC(CNc2cc(Nc3ccnc(-c4cnn(S(=O)(=O)C5CC5)c4)n3)nc(C3CC3)c2C=O)CC1. The molecule has 0 bridgehead atoms. The van der Waals surface area contributed by atoms with Gasteiger partial charge in [0, 0.05) is 30.8 Å². The van der Waals surface area contributed by atoms with E-state index in [-0.39, 0.29) is 5.25 Å². The highest BCUT2D eigenvalue weighted by Gasteiger charge is 2.37. The van der Waals surface area contributed by atoms with Gasteiger partial charge in [0.05, 0.1) is 40.2 Å². The van der Waals surface area contributed by atoms with Gasteiger partial charge < -0.3 is 16.0 Å². The summed E-state index contributed by atoms with van der Waals surface area (Å²) in [5.74, 6) is 2.33. The molecule has 0 spiro atoms. The smallest absolute Gasteiger partial charge is 0.256 e. The average molecular weight is 551 g/mol. The molecule has 3 aliphatic rings. The van der Waals surface area contributed by atoms with Crippen LogP contribution in [-0.4, -0.2) is 63.7 Å². The fraction of sp³-hybridized carbons (Fsp3) is 0.519. The predicted molar refractivity (Wildman–Crippen MR) is 149 cm³/mol. The third-order valence-electron chi connectivity index (χ3n) is 7.94. The van der Waals surface area contributed by atoms with Crippen molar-refractivity contribution in [2.45, 2.75) is 68.6 Å². The molecule has 206 valence electrons. The van der Waals surface area contributed by atoms with Gasteiger partial charge in [-0.2, -0.15) is 9.19 Å². The Morgan fingerprint density at radius 3 is 2.54 bits per heavy atom. The average Bonchev–Trinajstić information content (AvgIpc) is 3.89. The maximum Gasteiger partial charge on any atom is 0.256 e. The van der Waals surface area contributed by atoms with Crippen molar-refractivity contribution in [1.29, 1.82) is 0 Å². The van der Waals surface area contributed by atoms with Crippen LogP contribution in [0, 0.1) is 5.92 Å². The lowest BCUT2D eigenvalue weighted by Gasteiger charge is -2.28. The van der Waals surface area contributed by atoms with Crippen molar-refractivity contribution in [2.24, 2.45) is 5.92 Å². The van der Waals surface area contributed by atoms with E-state index >= 15 is 0 Å². The third kappa shape index (κ3) is 5.67. The first-order valence-corrected chi connectivity index (χ1v) is 15.3. The Bertz CT molecular complexity index is 1460. The van der Waals surface area contributed by atoms with Crippen LogP contribution in [0.1, 0.15) is 73.3 Å². The molecule has 6 rings (SSSR count). The fourth-order valence-electron chi connectivity index (χ4n) is 5.26. The number of pyridine rings is 1. The number of aromatic nitrogens is 5. The highest BCUT2D eigenvalue weighted by molar-refractivity contribution is 7.90. The van der Waals surface area contributed by atoms with E-state index in [2.05, 4.69) is 31.0 Å². The molecule has 0 atom stereocenters. The third-order valence-corrected chi connectivity index (χ3v) is 9.98. The summed E-state index contributed by atoms with van der Waals surface area (Å²) in [4.78, 5) is 25.8. The number of hydrogen-bond donors (Lipinski definition) is 3. The number of anilines is 3. The van der Waals surface area contributed by atoms with Gasteiger partial charge in [-0.1, -0.05) is 0 Å². The molecular formula is C27H34N8O3S. The van der Waals surface area contributed by atoms with E-state index in [0.717, 1.165) is 54.0 Å². The summed E-state index contributed by atoms with van der Waals surface area (Å²) in [6, 6.07) is 4.20. The van der Waals surface area contributed by atoms with E-state index in [1.165, 1.54) is 25.2 Å². The zero-order valence-electron chi connectivity index (χ0n) is 22.0. The Morgan fingerprint density at radius 1 is 1.05 bits per heavy atom. The van der Waals surface area contributed by atoms with Crippen molar-refractivity contribution >= 4 is 33.6 Å². The second-order valence-electron chi connectivity index (χ2n) is 10.9. The van der Waals surface area contributed by atoms with Crippen molar-refractivity contribution in [3.8, 4) is 11.4 Å². The summed E-state index contributed by atoms with van der Waals surface area (Å²) in [5, 5.41) is 13.9. The molecule has 3 aliphatic carbocycles. The van der Waals surface area contributed by atoms with E-state index in [4.69, 9.17) is 4.98 Å². The van der Waals surface area contributed by atoms with Gasteiger partial charge >= 0.3 is 0 Å². The van der Waals surface area contributed by atoms with Gasteiger partial charge in [0.1, 0.15) is 11.6 Å². The maximum atomic E-state index is 12.5. The molecule has 0 aliphatic heterocycles. The van der Waals surface area contributed by atoms with Crippen LogP contribution in [-0.2, 0) is 10.0 Å². The van der Waals surface area contributed by atoms with Crippen LogP contribution in [0.4, 0.5) is 17.3 Å². The maximum absolute atomic E-state index is 12.5. The second-order valence-corrected chi connectivity index (χ2v) is 12.9. The van der Waals surface area contributed by atoms with Gasteiger partial charge in [-0.15, -0.1) is 0 Å². The minimum absolute atomic E-state index is 0.291. The zero-order chi connectivity index (χ0) is 27.0. The topological polar surface area (TPSA) is 144 Å². The summed E-state index contributed by atoms with van der Waals surface area (Å²) >= 11 is 0. The van der Waals surface area contributed by atoms with Crippen molar-refractivity contribution in [1.82, 2.24) is 29.5 Å². The van der Waals surface area contributed by atoms with Crippen molar-refractivity contribution < 1.29 is 13.2 Å². The molecule has 39 heavy (non-hydrogen) atoms. The monoisotopic (exact) mass is 550 g/mol. The van der Waals surface area contributed by atoms with Crippen molar-refractivity contribution in [3.05, 3.63) is 42.0 Å². The van der Waals surface area contributed by atoms with E-state index in [9.17, 15) is 13.2 Å². The lowest BCUT2D eigenvalue weighted by Crippen LogP contribution is -2.32. The molecule has 0 aromatic carbocycles. The molecule has 3 N–H and O–H groups in total. The Labute approximate surface area is 228 Å². The zero-order valence-corrected chi connectivity index (χ0v) is 22.8. The summed E-state index contributed by atoms with van der Waals surface area (Å²) in [7, 11) is -1.44. The highest BCUT2D eigenvalue weighted by atomic mass is 32.2. The number of rotatable bonds is 11. The summed E-state index contributed by atoms with van der Waals surface area (Å²) in [5.41, 5.74) is 2.76. The van der Waals surface area contributed by atoms with Crippen LogP contribution in [0.25, 0.3) is 11.4 Å². The molecule has 3 heterocycles. The molecule has 0 unspecified atom stereocenters. The number of nitrogens with zero attached hydrogens (tertiary/aromatic N) is 5. The molecule has 3 aromatic rings. The van der Waals surface area contributed by atoms with E-state index in [1.807, 2.05) is 13.1 Å². The minimum Gasteiger partial charge on any atom is -0.384 e. The van der Waals surface area contributed by atoms with Gasteiger partial charge in [0.2, 0.25) is 0 Å². The van der Waals surface area contributed by atoms with Crippen molar-refractivity contribution in [3.63, 3.8) is 0 Å². The van der Waals surface area contributed by atoms with Gasteiger partial charge in [-0.3, -0.25) is 4.79 Å². The second kappa shape index (κ2) is 10.6. The summed E-state index contributed by atoms with van der Waals surface area (Å²) in [6.45, 7) is 0.816. The number of aldehydes is 1. The van der Waals surface area contributed by atoms with Crippen molar-refractivity contribution in [2.75, 3.05) is 24.2 Å². The van der Waals surface area contributed by atoms with Crippen LogP contribution < -0.4 is 16.0 Å². The number of nitrogens with one attached hydrogen (secondary N) is 3. The molecule has 11 nitrogen and oxygen atoms in total. The Kier molecular flexibility index (Phi) is 7.06. The largest absolute Gasteiger partial charge is 0.384 e. The van der Waals surface area contributed by atoms with Gasteiger partial charge in [0.15, 0.2) is 12.1 Å². The number of hydrogen-bond acceptors (Lipinski definition) is 10. The van der Waals surface area contributed by atoms with Gasteiger partial charge in [0.25, 0.3) is 10.0 Å². The minimum atomic E-state index is -3.46. The first-order valence-electron chi connectivity index (χ1n) is 13.8. The van der Waals surface area contributed by atoms with Gasteiger partial charge in [-0.25, -0.2) is 23.4 Å². The molecule has 3 saturated carbocycles. The first-order chi connectivity index (χ1) is 18.9. The molecule has 3 fully saturated rings. The fourth-order valence-corrected chi connectivity index (χ4v) is 6.74. The van der Waals surface area contributed by atoms with Crippen LogP contribution in [0.3, 0.4) is 0 Å². The molecule has 12 heteroatoms. The quantitative estimate of drug-likeness (QED) is 0.302. The number of carbonyl (C=O) groups excluding carboxylic acids is 1. The lowest BCUT2D eigenvalue weighted by molar-refractivity contribution is 0.112. The molecule has 0 amide bonds. The van der Waals surface area contributed by atoms with Gasteiger partial charge in [-0.05, 0) is 70.4 Å². The first kappa shape index (κ1) is 25.9. The normalized spacial score (nSPS) is 21.5. The van der Waals surface area contributed by atoms with E-state index in [1.54, 1.807) is 12.3 Å². The molecule has 0 saturated heterocycles. The van der Waals surface area contributed by atoms with Crippen LogP contribution in [0.15, 0.2) is 30.7 Å². The van der Waals surface area contributed by atoms with Crippen LogP contribution in [0.2, 0.25) is 0 Å². The lowest BCUT2D eigenvalue weighted by atomic mass is 9.86. The Morgan fingerprint density at radius 2 is 1.85 bits per heavy atom. The highest BCUT2D eigenvalue weighted by Crippen LogP contribution is 2.43. The standard InChI is InChI=1S/C27H34N8O3S/c1-28-20-6-2-17(3-7-20)13-30-23-12-25(33-26(18-4-5-18)22(23)16-36)32-24-10-11-29-27(34-24)19-14-31-35(15-19)39(37,38)21-8-9-21/h10-12,14-18,20-21,28H,2-9,13H2,1H3,(H2,29,30,32,33,34). The predicted octanol–water partition coefficient (Wildman–Crippen LogP) is 3.70. The van der Waals surface area contributed by atoms with E-state index in [0.29, 0.717) is 59.3 Å². The number of carbonyl (C=O) groups is 1. The molecule has 3 aromatic heterocycles.